The van der Waals surface area contributed by atoms with E-state index in [9.17, 15) is 0 Å². The van der Waals surface area contributed by atoms with E-state index in [1.54, 1.807) is 0 Å². The van der Waals surface area contributed by atoms with E-state index < -0.39 is 0 Å². The third-order valence-corrected chi connectivity index (χ3v) is 9.09. The van der Waals surface area contributed by atoms with Crippen LogP contribution in [0.5, 0.6) is 0 Å². The molecule has 2 heteroatoms. The van der Waals surface area contributed by atoms with Crippen molar-refractivity contribution in [2.75, 3.05) is 0 Å². The highest BCUT2D eigenvalue weighted by atomic mass is 16.3. The minimum atomic E-state index is -0.102. The van der Waals surface area contributed by atoms with Gasteiger partial charge in [0.2, 0.25) is 0 Å². The van der Waals surface area contributed by atoms with Gasteiger partial charge in [-0.2, -0.15) is 0 Å². The first kappa shape index (κ1) is 22.7. The predicted molar refractivity (Wildman–Crippen MR) is 169 cm³/mol. The van der Waals surface area contributed by atoms with Crippen LogP contribution in [0.2, 0.25) is 0 Å². The van der Waals surface area contributed by atoms with E-state index in [0.717, 1.165) is 44.2 Å². The van der Waals surface area contributed by atoms with Crippen molar-refractivity contribution in [1.29, 1.82) is 0 Å². The molecule has 1 aliphatic carbocycles. The van der Waals surface area contributed by atoms with Crippen molar-refractivity contribution in [3.05, 3.63) is 132 Å². The van der Waals surface area contributed by atoms with Crippen LogP contribution in [0.4, 0.5) is 0 Å². The Hall–Kier alpha value is -5.08. The molecule has 9 rings (SSSR count). The van der Waals surface area contributed by atoms with Crippen LogP contribution in [0.3, 0.4) is 0 Å². The van der Waals surface area contributed by atoms with Gasteiger partial charge >= 0.3 is 0 Å². The van der Waals surface area contributed by atoms with Crippen molar-refractivity contribution in [2.45, 2.75) is 19.3 Å². The summed E-state index contributed by atoms with van der Waals surface area (Å²) in [7, 11) is 0. The van der Waals surface area contributed by atoms with Gasteiger partial charge in [-0.3, -0.25) is 0 Å². The molecule has 0 bridgehead atoms. The third-order valence-electron chi connectivity index (χ3n) is 9.09. The number of furan rings is 2. The summed E-state index contributed by atoms with van der Waals surface area (Å²) in [5, 5.41) is 4.64. The summed E-state index contributed by atoms with van der Waals surface area (Å²) in [4.78, 5) is 0. The normalized spacial score (nSPS) is 13.8. The molecule has 41 heavy (non-hydrogen) atoms. The van der Waals surface area contributed by atoms with E-state index in [4.69, 9.17) is 8.83 Å². The average molecular weight is 527 g/mol. The molecule has 194 valence electrons. The third kappa shape index (κ3) is 3.08. The van der Waals surface area contributed by atoms with Gasteiger partial charge in [-0.1, -0.05) is 111 Å². The number of benzene rings is 6. The minimum Gasteiger partial charge on any atom is -0.455 e. The topological polar surface area (TPSA) is 26.3 Å². The van der Waals surface area contributed by atoms with Gasteiger partial charge in [0.1, 0.15) is 22.3 Å². The van der Waals surface area contributed by atoms with Crippen molar-refractivity contribution >= 4 is 43.9 Å². The second kappa shape index (κ2) is 7.99. The van der Waals surface area contributed by atoms with Crippen LogP contribution in [0.1, 0.15) is 25.0 Å². The molecule has 0 saturated heterocycles. The van der Waals surface area contributed by atoms with Gasteiger partial charge in [0, 0.05) is 38.1 Å². The lowest BCUT2D eigenvalue weighted by Gasteiger charge is -2.21. The highest BCUT2D eigenvalue weighted by Crippen LogP contribution is 2.53. The molecule has 0 saturated carbocycles. The van der Waals surface area contributed by atoms with Gasteiger partial charge in [0.05, 0.1) is 0 Å². The fourth-order valence-corrected chi connectivity index (χ4v) is 7.04. The van der Waals surface area contributed by atoms with Gasteiger partial charge in [0.15, 0.2) is 0 Å². The molecule has 0 unspecified atom stereocenters. The Morgan fingerprint density at radius 3 is 1.85 bits per heavy atom. The summed E-state index contributed by atoms with van der Waals surface area (Å²) >= 11 is 0. The maximum absolute atomic E-state index is 6.52. The molecule has 0 spiro atoms. The summed E-state index contributed by atoms with van der Waals surface area (Å²) in [5.74, 6) is 0. The Morgan fingerprint density at radius 2 is 1.05 bits per heavy atom. The summed E-state index contributed by atoms with van der Waals surface area (Å²) in [6.45, 7) is 4.64. The molecule has 2 heterocycles. The van der Waals surface area contributed by atoms with Gasteiger partial charge in [-0.05, 0) is 57.6 Å². The zero-order chi connectivity index (χ0) is 27.3. The Balaban J connectivity index is 1.23. The summed E-state index contributed by atoms with van der Waals surface area (Å²) in [6.07, 6.45) is 0. The fraction of sp³-hybridized carbons (Fsp3) is 0.0769. The Labute approximate surface area is 237 Å². The van der Waals surface area contributed by atoms with Crippen molar-refractivity contribution in [3.8, 4) is 33.4 Å². The Morgan fingerprint density at radius 1 is 0.439 bits per heavy atom. The minimum absolute atomic E-state index is 0.102. The molecule has 0 radical (unpaired) electrons. The number of rotatable bonds is 2. The van der Waals surface area contributed by atoms with E-state index in [2.05, 4.69) is 117 Å². The summed E-state index contributed by atoms with van der Waals surface area (Å²) in [5.41, 5.74) is 13.4. The SMILES string of the molecule is CC1(C)c2ccc(-c3cccc(-c4cccc5c4oc4ccccc45)c3)cc2-c2c1ccc1c2oc2ccccc21. The Kier molecular flexibility index (Phi) is 4.42. The molecular formula is C39H26O2. The van der Waals surface area contributed by atoms with Crippen molar-refractivity contribution in [2.24, 2.45) is 0 Å². The standard InChI is InChI=1S/C39H26O2/c1-39(2)32-19-17-24(22-31(32)36-33(39)20-18-30-28-12-4-6-16-35(28)41-38(30)36)23-9-7-10-25(21-23)26-13-8-14-29-27-11-3-5-15-34(27)40-37(26)29/h3-22H,1-2H3. The van der Waals surface area contributed by atoms with Crippen LogP contribution in [-0.2, 0) is 5.41 Å². The molecule has 0 atom stereocenters. The molecule has 8 aromatic rings. The van der Waals surface area contributed by atoms with Gasteiger partial charge in [-0.15, -0.1) is 0 Å². The van der Waals surface area contributed by atoms with E-state index in [1.165, 1.54) is 44.2 Å². The highest BCUT2D eigenvalue weighted by molar-refractivity contribution is 6.12. The molecular weight excluding hydrogens is 500 g/mol. The smallest absolute Gasteiger partial charge is 0.143 e. The first-order valence-electron chi connectivity index (χ1n) is 14.2. The van der Waals surface area contributed by atoms with E-state index in [1.807, 2.05) is 18.2 Å². The van der Waals surface area contributed by atoms with Crippen molar-refractivity contribution < 1.29 is 8.83 Å². The van der Waals surface area contributed by atoms with Crippen LogP contribution >= 0.6 is 0 Å². The van der Waals surface area contributed by atoms with Gasteiger partial charge in [0.25, 0.3) is 0 Å². The first-order valence-corrected chi connectivity index (χ1v) is 14.2. The molecule has 0 fully saturated rings. The van der Waals surface area contributed by atoms with Crippen molar-refractivity contribution in [3.63, 3.8) is 0 Å². The number of hydrogen-bond acceptors (Lipinski definition) is 2. The maximum Gasteiger partial charge on any atom is 0.143 e. The molecule has 0 aliphatic heterocycles. The van der Waals surface area contributed by atoms with Crippen molar-refractivity contribution in [1.82, 2.24) is 0 Å². The zero-order valence-corrected chi connectivity index (χ0v) is 22.9. The van der Waals surface area contributed by atoms with E-state index in [-0.39, 0.29) is 5.41 Å². The second-order valence-electron chi connectivity index (χ2n) is 11.7. The lowest BCUT2D eigenvalue weighted by atomic mass is 9.82. The Bertz CT molecular complexity index is 2340. The number of hydrogen-bond donors (Lipinski definition) is 0. The summed E-state index contributed by atoms with van der Waals surface area (Å²) in [6, 6.07) is 43.3. The van der Waals surface area contributed by atoms with E-state index in [0.29, 0.717) is 0 Å². The van der Waals surface area contributed by atoms with Gasteiger partial charge in [-0.25, -0.2) is 0 Å². The lowest BCUT2D eigenvalue weighted by molar-refractivity contribution is 0.653. The quantitative estimate of drug-likeness (QED) is 0.224. The van der Waals surface area contributed by atoms with Crippen LogP contribution < -0.4 is 0 Å². The average Bonchev–Trinajstić information content (AvgIpc) is 3.65. The van der Waals surface area contributed by atoms with Crippen LogP contribution in [0, 0.1) is 0 Å². The number of fused-ring (bicyclic) bond motifs is 10. The van der Waals surface area contributed by atoms with Crippen LogP contribution in [-0.4, -0.2) is 0 Å². The zero-order valence-electron chi connectivity index (χ0n) is 22.9. The monoisotopic (exact) mass is 526 g/mol. The summed E-state index contributed by atoms with van der Waals surface area (Å²) < 4.78 is 12.9. The largest absolute Gasteiger partial charge is 0.455 e. The van der Waals surface area contributed by atoms with Crippen LogP contribution in [0.25, 0.3) is 77.3 Å². The van der Waals surface area contributed by atoms with E-state index >= 15 is 0 Å². The fourth-order valence-electron chi connectivity index (χ4n) is 7.04. The van der Waals surface area contributed by atoms with Crippen LogP contribution in [0.15, 0.2) is 130 Å². The predicted octanol–water partition coefficient (Wildman–Crippen LogP) is 11.1. The first-order chi connectivity index (χ1) is 20.1. The second-order valence-corrected chi connectivity index (χ2v) is 11.7. The molecule has 2 aromatic heterocycles. The molecule has 0 amide bonds. The molecule has 2 nitrogen and oxygen atoms in total. The highest BCUT2D eigenvalue weighted by Gasteiger charge is 2.37. The molecule has 6 aromatic carbocycles. The lowest BCUT2D eigenvalue weighted by Crippen LogP contribution is -2.14. The molecule has 1 aliphatic rings. The van der Waals surface area contributed by atoms with Gasteiger partial charge < -0.3 is 8.83 Å². The number of para-hydroxylation sites is 3. The molecule has 0 N–H and O–H groups in total. The maximum atomic E-state index is 6.52.